The van der Waals surface area contributed by atoms with Crippen molar-refractivity contribution in [1.82, 2.24) is 5.32 Å². The molecule has 3 aromatic rings. The van der Waals surface area contributed by atoms with E-state index >= 15 is 0 Å². The largest absolute Gasteiger partial charge is 0.507 e. The molecule has 0 saturated carbocycles. The molecule has 0 unspecified atom stereocenters. The zero-order valence-electron chi connectivity index (χ0n) is 13.8. The Balaban J connectivity index is 1.71. The highest BCUT2D eigenvalue weighted by atomic mass is 79.9. The van der Waals surface area contributed by atoms with Crippen LogP contribution in [0.2, 0.25) is 0 Å². The van der Waals surface area contributed by atoms with Gasteiger partial charge in [0.2, 0.25) is 0 Å². The van der Waals surface area contributed by atoms with E-state index < -0.39 is 0 Å². The van der Waals surface area contributed by atoms with Gasteiger partial charge in [0.05, 0.1) is 12.7 Å². The summed E-state index contributed by atoms with van der Waals surface area (Å²) >= 11 is 3.44. The molecule has 2 N–H and O–H groups in total. The Morgan fingerprint density at radius 1 is 1.12 bits per heavy atom. The molecule has 1 amide bonds. The van der Waals surface area contributed by atoms with Crippen molar-refractivity contribution in [3.05, 3.63) is 70.2 Å². The van der Waals surface area contributed by atoms with Crippen LogP contribution in [0.25, 0.3) is 10.8 Å². The number of nitrogens with one attached hydrogen (secondary N) is 1. The molecule has 25 heavy (non-hydrogen) atoms. The Morgan fingerprint density at radius 2 is 1.84 bits per heavy atom. The molecule has 3 rings (SSSR count). The molecule has 0 saturated heterocycles. The van der Waals surface area contributed by atoms with E-state index in [-0.39, 0.29) is 17.2 Å². The van der Waals surface area contributed by atoms with Gasteiger partial charge in [0, 0.05) is 11.0 Å². The Kier molecular flexibility index (Phi) is 5.24. The van der Waals surface area contributed by atoms with Crippen molar-refractivity contribution < 1.29 is 14.6 Å². The molecule has 3 aromatic carbocycles. The number of carbonyl (C=O) groups is 1. The van der Waals surface area contributed by atoms with Gasteiger partial charge in [-0.2, -0.15) is 0 Å². The second kappa shape index (κ2) is 7.57. The predicted octanol–water partition coefficient (Wildman–Crippen LogP) is 4.29. The molecule has 0 radical (unpaired) electrons. The summed E-state index contributed by atoms with van der Waals surface area (Å²) in [6, 6.07) is 16.7. The van der Waals surface area contributed by atoms with Crippen LogP contribution in [0, 0.1) is 0 Å². The summed E-state index contributed by atoms with van der Waals surface area (Å²) in [5, 5.41) is 14.8. The van der Waals surface area contributed by atoms with Gasteiger partial charge in [-0.3, -0.25) is 4.79 Å². The van der Waals surface area contributed by atoms with Crippen LogP contribution in [0.1, 0.15) is 15.9 Å². The van der Waals surface area contributed by atoms with E-state index in [1.807, 2.05) is 42.5 Å². The minimum Gasteiger partial charge on any atom is -0.507 e. The minimum atomic E-state index is -0.294. The summed E-state index contributed by atoms with van der Waals surface area (Å²) in [6.45, 7) is 0.442. The Labute approximate surface area is 154 Å². The van der Waals surface area contributed by atoms with Gasteiger partial charge in [-0.1, -0.05) is 40.2 Å². The number of phenolic OH excluding ortho intramolecular Hbond substituents is 1. The highest BCUT2D eigenvalue weighted by Crippen LogP contribution is 2.25. The SMILES string of the molecule is COc1ccc(Br)cc1CCNC(=O)c1cc2ccccc2cc1O. The maximum Gasteiger partial charge on any atom is 0.255 e. The molecular weight excluding hydrogens is 382 g/mol. The summed E-state index contributed by atoms with van der Waals surface area (Å²) in [5.74, 6) is 0.472. The normalized spacial score (nSPS) is 10.6. The van der Waals surface area contributed by atoms with E-state index in [4.69, 9.17) is 4.74 Å². The summed E-state index contributed by atoms with van der Waals surface area (Å²) in [7, 11) is 1.62. The third-order valence-electron chi connectivity index (χ3n) is 4.03. The van der Waals surface area contributed by atoms with E-state index in [2.05, 4.69) is 21.2 Å². The second-order valence-corrected chi connectivity index (χ2v) is 6.59. The number of rotatable bonds is 5. The number of hydrogen-bond acceptors (Lipinski definition) is 3. The van der Waals surface area contributed by atoms with E-state index in [9.17, 15) is 9.90 Å². The Hall–Kier alpha value is -2.53. The van der Waals surface area contributed by atoms with Gasteiger partial charge in [-0.25, -0.2) is 0 Å². The molecule has 0 heterocycles. The molecule has 5 heteroatoms. The van der Waals surface area contributed by atoms with Crippen LogP contribution >= 0.6 is 15.9 Å². The first kappa shape index (κ1) is 17.3. The molecule has 4 nitrogen and oxygen atoms in total. The first-order valence-corrected chi connectivity index (χ1v) is 8.70. The number of amides is 1. The van der Waals surface area contributed by atoms with E-state index in [0.717, 1.165) is 26.6 Å². The number of hydrogen-bond donors (Lipinski definition) is 2. The van der Waals surface area contributed by atoms with Gasteiger partial charge in [0.1, 0.15) is 11.5 Å². The average molecular weight is 400 g/mol. The minimum absolute atomic E-state index is 0.0174. The third-order valence-corrected chi connectivity index (χ3v) is 4.52. The number of halogens is 1. The maximum atomic E-state index is 12.4. The van der Waals surface area contributed by atoms with Gasteiger partial charge in [0.25, 0.3) is 5.91 Å². The third kappa shape index (κ3) is 3.94. The molecule has 0 spiro atoms. The molecule has 128 valence electrons. The highest BCUT2D eigenvalue weighted by molar-refractivity contribution is 9.10. The lowest BCUT2D eigenvalue weighted by Gasteiger charge is -2.11. The molecule has 0 aliphatic heterocycles. The molecule has 0 aliphatic carbocycles. The first-order chi connectivity index (χ1) is 12.1. The van der Waals surface area contributed by atoms with E-state index in [1.54, 1.807) is 19.2 Å². The predicted molar refractivity (Wildman–Crippen MR) is 102 cm³/mol. The van der Waals surface area contributed by atoms with E-state index in [1.165, 1.54) is 0 Å². The topological polar surface area (TPSA) is 58.6 Å². The van der Waals surface area contributed by atoms with Crippen LogP contribution in [0.5, 0.6) is 11.5 Å². The van der Waals surface area contributed by atoms with Crippen LogP contribution in [0.3, 0.4) is 0 Å². The number of methoxy groups -OCH3 is 1. The van der Waals surface area contributed by atoms with Crippen LogP contribution in [0.15, 0.2) is 59.1 Å². The van der Waals surface area contributed by atoms with Gasteiger partial charge >= 0.3 is 0 Å². The highest BCUT2D eigenvalue weighted by Gasteiger charge is 2.12. The fraction of sp³-hybridized carbons (Fsp3) is 0.150. The van der Waals surface area contributed by atoms with Crippen molar-refractivity contribution in [1.29, 1.82) is 0 Å². The van der Waals surface area contributed by atoms with Crippen molar-refractivity contribution in [3.8, 4) is 11.5 Å². The lowest BCUT2D eigenvalue weighted by molar-refractivity contribution is 0.0951. The maximum absolute atomic E-state index is 12.4. The van der Waals surface area contributed by atoms with E-state index in [0.29, 0.717) is 13.0 Å². The van der Waals surface area contributed by atoms with Crippen LogP contribution in [-0.4, -0.2) is 24.7 Å². The van der Waals surface area contributed by atoms with Crippen molar-refractivity contribution in [2.24, 2.45) is 0 Å². The number of fused-ring (bicyclic) bond motifs is 1. The molecular formula is C20H18BrNO3. The fourth-order valence-corrected chi connectivity index (χ4v) is 3.17. The average Bonchev–Trinajstić information content (AvgIpc) is 2.61. The van der Waals surface area contributed by atoms with Gasteiger partial charge < -0.3 is 15.2 Å². The fourth-order valence-electron chi connectivity index (χ4n) is 2.76. The standard InChI is InChI=1S/C20H18BrNO3/c1-25-19-7-6-16(21)10-15(19)8-9-22-20(24)17-11-13-4-2-3-5-14(13)12-18(17)23/h2-7,10-12,23H,8-9H2,1H3,(H,22,24). The lowest BCUT2D eigenvalue weighted by atomic mass is 10.1. The van der Waals surface area contributed by atoms with Gasteiger partial charge in [0.15, 0.2) is 0 Å². The zero-order chi connectivity index (χ0) is 17.8. The molecule has 0 aromatic heterocycles. The lowest BCUT2D eigenvalue weighted by Crippen LogP contribution is -2.25. The molecule has 0 bridgehead atoms. The molecule has 0 aliphatic rings. The molecule has 0 atom stereocenters. The Bertz CT molecular complexity index is 924. The van der Waals surface area contributed by atoms with Gasteiger partial charge in [-0.05, 0) is 53.1 Å². The van der Waals surface area contributed by atoms with Crippen molar-refractivity contribution >= 4 is 32.6 Å². The number of phenols is 1. The molecule has 0 fully saturated rings. The van der Waals surface area contributed by atoms with Crippen molar-refractivity contribution in [2.45, 2.75) is 6.42 Å². The van der Waals surface area contributed by atoms with Gasteiger partial charge in [-0.15, -0.1) is 0 Å². The van der Waals surface area contributed by atoms with Crippen molar-refractivity contribution in [3.63, 3.8) is 0 Å². The van der Waals surface area contributed by atoms with Crippen LogP contribution < -0.4 is 10.1 Å². The number of carbonyl (C=O) groups excluding carboxylic acids is 1. The summed E-state index contributed by atoms with van der Waals surface area (Å²) in [6.07, 6.45) is 0.628. The quantitative estimate of drug-likeness (QED) is 0.672. The first-order valence-electron chi connectivity index (χ1n) is 7.91. The van der Waals surface area contributed by atoms with Crippen LogP contribution in [0.4, 0.5) is 0 Å². The summed E-state index contributed by atoms with van der Waals surface area (Å²) in [5.41, 5.74) is 1.28. The number of aromatic hydroxyl groups is 1. The van der Waals surface area contributed by atoms with Crippen LogP contribution in [-0.2, 0) is 6.42 Å². The summed E-state index contributed by atoms with van der Waals surface area (Å²) < 4.78 is 6.30. The second-order valence-electron chi connectivity index (χ2n) is 5.68. The smallest absolute Gasteiger partial charge is 0.255 e. The number of benzene rings is 3. The monoisotopic (exact) mass is 399 g/mol. The van der Waals surface area contributed by atoms with Crippen molar-refractivity contribution in [2.75, 3.05) is 13.7 Å². The number of ether oxygens (including phenoxy) is 1. The Morgan fingerprint density at radius 3 is 2.56 bits per heavy atom. The zero-order valence-corrected chi connectivity index (χ0v) is 15.3. The summed E-state index contributed by atoms with van der Waals surface area (Å²) in [4.78, 5) is 12.4.